The summed E-state index contributed by atoms with van der Waals surface area (Å²) in [6.07, 6.45) is 0. The van der Waals surface area contributed by atoms with Crippen molar-refractivity contribution in [3.05, 3.63) is 185 Å². The molecular weight excluding hydrogens is 808 g/mol. The van der Waals surface area contributed by atoms with E-state index >= 15 is 0 Å². The van der Waals surface area contributed by atoms with Crippen molar-refractivity contribution in [3.63, 3.8) is 0 Å². The molecule has 0 amide bonds. The van der Waals surface area contributed by atoms with Crippen LogP contribution in [0, 0.1) is 27.7 Å². The van der Waals surface area contributed by atoms with Gasteiger partial charge in [0, 0.05) is 49.2 Å². The smallest absolute Gasteiger partial charge is 0.333 e. The van der Waals surface area contributed by atoms with Crippen LogP contribution >= 0.6 is 0 Å². The van der Waals surface area contributed by atoms with Gasteiger partial charge in [0.15, 0.2) is 0 Å². The second kappa shape index (κ2) is 13.7. The Balaban J connectivity index is 1.26. The molecule has 0 aliphatic carbocycles. The first-order valence-corrected chi connectivity index (χ1v) is 24.2. The lowest BCUT2D eigenvalue weighted by Crippen LogP contribution is -2.55. The lowest BCUT2D eigenvalue weighted by Gasteiger charge is -2.35. The molecule has 324 valence electrons. The summed E-state index contributed by atoms with van der Waals surface area (Å²) in [5, 5.41) is 7.83. The first-order valence-electron chi connectivity index (χ1n) is 24.2. The third-order valence-electron chi connectivity index (χ3n) is 15.6. The van der Waals surface area contributed by atoms with Gasteiger partial charge in [0.25, 0.3) is 0 Å². The third kappa shape index (κ3) is 5.64. The predicted octanol–water partition coefficient (Wildman–Crippen LogP) is 15.8. The summed E-state index contributed by atoms with van der Waals surface area (Å²) in [5.41, 5.74) is 27.4. The van der Waals surface area contributed by atoms with Crippen LogP contribution in [0.1, 0.15) is 74.9 Å². The molecule has 3 heteroatoms. The largest absolute Gasteiger partial charge is 0.375 e. The summed E-state index contributed by atoms with van der Waals surface area (Å²) in [4.78, 5) is 0. The van der Waals surface area contributed by atoms with Crippen molar-refractivity contribution in [1.29, 1.82) is 0 Å². The maximum Gasteiger partial charge on any atom is 0.333 e. The highest BCUT2D eigenvalue weighted by Gasteiger charge is 2.43. The molecule has 0 fully saturated rings. The first-order chi connectivity index (χ1) is 32.2. The standard InChI is InChI=1S/C64H55BN2/c1-36-22-24-45(39(4)28-36)42-30-51-54-35-44(64(8,9)10)34-53-50-33-43(63(5,6)7)23-27-56(50)67(61(53)54)65-55-31-41(40-18-12-11-13-19-40)29-52-49-26-25-46-47(58-37(2)16-14-17-38(58)3)20-15-21-48(46)60(49)66(62(52)55)57(32-42)59(51)65/h11-35H,1-10H3. The molecule has 0 N–H and O–H groups in total. The molecule has 4 heterocycles. The van der Waals surface area contributed by atoms with Gasteiger partial charge in [0.1, 0.15) is 0 Å². The second-order valence-corrected chi connectivity index (χ2v) is 22.0. The number of nitrogens with zero attached hydrogens (tertiary/aromatic N) is 2. The second-order valence-electron chi connectivity index (χ2n) is 22.0. The predicted molar refractivity (Wildman–Crippen MR) is 290 cm³/mol. The van der Waals surface area contributed by atoms with Gasteiger partial charge in [0.05, 0.1) is 11.0 Å². The summed E-state index contributed by atoms with van der Waals surface area (Å²) < 4.78 is 5.45. The van der Waals surface area contributed by atoms with Crippen LogP contribution in [0.25, 0.3) is 105 Å². The van der Waals surface area contributed by atoms with Gasteiger partial charge in [-0.1, -0.05) is 156 Å². The topological polar surface area (TPSA) is 9.86 Å². The number of hydrogen-bond donors (Lipinski definition) is 0. The van der Waals surface area contributed by atoms with Crippen LogP contribution in [0.5, 0.6) is 0 Å². The number of benzene rings is 9. The number of aryl methyl sites for hydroxylation is 4. The molecule has 0 spiro atoms. The monoisotopic (exact) mass is 862 g/mol. The fraction of sp³-hybridized carbons (Fsp3) is 0.188. The summed E-state index contributed by atoms with van der Waals surface area (Å²) in [7, 11) is 0. The average Bonchev–Trinajstić information content (AvgIpc) is 3.82. The first kappa shape index (κ1) is 40.2. The summed E-state index contributed by atoms with van der Waals surface area (Å²) in [5.74, 6) is 0. The minimum Gasteiger partial charge on any atom is -0.375 e. The third-order valence-corrected chi connectivity index (χ3v) is 15.6. The van der Waals surface area contributed by atoms with Gasteiger partial charge in [0.2, 0.25) is 0 Å². The number of hydrogen-bond acceptors (Lipinski definition) is 0. The Hall–Kier alpha value is -7.10. The van der Waals surface area contributed by atoms with Gasteiger partial charge < -0.3 is 9.05 Å². The minimum atomic E-state index is -0.0638. The molecule has 2 nitrogen and oxygen atoms in total. The van der Waals surface area contributed by atoms with E-state index in [1.54, 1.807) is 0 Å². The quantitative estimate of drug-likeness (QED) is 0.157. The van der Waals surface area contributed by atoms with Crippen molar-refractivity contribution >= 4 is 72.2 Å². The average molecular weight is 863 g/mol. The SMILES string of the molecule is Cc1ccc(-c2cc3c4c(c2)-n2c5c(cc(-c6ccccc6)cc5c5ccc6c(-c7c(C)cccc7C)cccc6c52)B4n2c4ccc(C(C)(C)C)cc4c4cc(C(C)(C)C)cc-3c42)c(C)c1. The van der Waals surface area contributed by atoms with Crippen molar-refractivity contribution in [2.45, 2.75) is 80.1 Å². The van der Waals surface area contributed by atoms with Crippen LogP contribution in [0.3, 0.4) is 0 Å². The Morgan fingerprint density at radius 1 is 0.403 bits per heavy atom. The molecule has 0 atom stereocenters. The van der Waals surface area contributed by atoms with E-state index in [0.717, 1.165) is 0 Å². The molecule has 2 aliphatic rings. The van der Waals surface area contributed by atoms with E-state index in [9.17, 15) is 0 Å². The fourth-order valence-electron chi connectivity index (χ4n) is 12.3. The van der Waals surface area contributed by atoms with Gasteiger partial charge in [-0.05, 0) is 164 Å². The van der Waals surface area contributed by atoms with E-state index in [1.807, 2.05) is 0 Å². The van der Waals surface area contributed by atoms with Gasteiger partial charge in [-0.25, -0.2) is 0 Å². The molecule has 2 aliphatic heterocycles. The highest BCUT2D eigenvalue weighted by Crippen LogP contribution is 2.49. The normalized spacial score (nSPS) is 13.2. The number of rotatable bonds is 3. The van der Waals surface area contributed by atoms with E-state index in [4.69, 9.17) is 0 Å². The van der Waals surface area contributed by atoms with Crippen LogP contribution in [0.4, 0.5) is 0 Å². The van der Waals surface area contributed by atoms with Gasteiger partial charge in [-0.15, -0.1) is 0 Å². The summed E-state index contributed by atoms with van der Waals surface area (Å²) in [6.45, 7) is 23.1. The maximum absolute atomic E-state index is 2.75. The molecule has 0 saturated carbocycles. The van der Waals surface area contributed by atoms with Crippen LogP contribution < -0.4 is 10.9 Å². The Kier molecular flexibility index (Phi) is 8.24. The lowest BCUT2D eigenvalue weighted by molar-refractivity contribution is 0.590. The molecule has 11 aromatic rings. The van der Waals surface area contributed by atoms with E-state index in [0.29, 0.717) is 0 Å². The molecule has 0 unspecified atom stereocenters. The van der Waals surface area contributed by atoms with Gasteiger partial charge >= 0.3 is 6.85 Å². The maximum atomic E-state index is 2.75. The summed E-state index contributed by atoms with van der Waals surface area (Å²) in [6, 6.07) is 59.1. The highest BCUT2D eigenvalue weighted by molar-refractivity contribution is 6.90. The van der Waals surface area contributed by atoms with Gasteiger partial charge in [-0.2, -0.15) is 0 Å². The molecule has 0 radical (unpaired) electrons. The molecule has 9 aromatic carbocycles. The van der Waals surface area contributed by atoms with Gasteiger partial charge in [-0.3, -0.25) is 0 Å². The van der Waals surface area contributed by atoms with E-state index < -0.39 is 0 Å². The molecule has 13 rings (SSSR count). The Labute approximate surface area is 394 Å². The molecule has 0 saturated heterocycles. The zero-order valence-electron chi connectivity index (χ0n) is 40.4. The molecule has 67 heavy (non-hydrogen) atoms. The van der Waals surface area contributed by atoms with E-state index in [2.05, 4.69) is 230 Å². The molecule has 2 aromatic heterocycles. The van der Waals surface area contributed by atoms with Crippen molar-refractivity contribution in [2.24, 2.45) is 0 Å². The fourth-order valence-corrected chi connectivity index (χ4v) is 12.3. The van der Waals surface area contributed by atoms with E-state index in [-0.39, 0.29) is 17.7 Å². The number of aromatic nitrogens is 2. The zero-order valence-corrected chi connectivity index (χ0v) is 40.4. The minimum absolute atomic E-state index is 0.00664. The summed E-state index contributed by atoms with van der Waals surface area (Å²) >= 11 is 0. The molecule has 0 bridgehead atoms. The van der Waals surface area contributed by atoms with Crippen LogP contribution in [0.15, 0.2) is 152 Å². The van der Waals surface area contributed by atoms with Crippen LogP contribution in [0.2, 0.25) is 0 Å². The van der Waals surface area contributed by atoms with Crippen molar-refractivity contribution < 1.29 is 0 Å². The Bertz CT molecular complexity index is 3950. The van der Waals surface area contributed by atoms with Crippen LogP contribution in [-0.2, 0) is 10.8 Å². The molecular formula is C64H55BN2. The van der Waals surface area contributed by atoms with Crippen LogP contribution in [-0.4, -0.2) is 15.9 Å². The number of fused-ring (bicyclic) bond motifs is 12. The van der Waals surface area contributed by atoms with E-state index in [1.165, 1.54) is 149 Å². The van der Waals surface area contributed by atoms with Crippen molar-refractivity contribution in [2.75, 3.05) is 0 Å². The lowest BCUT2D eigenvalue weighted by atomic mass is 9.45. The van der Waals surface area contributed by atoms with Crippen molar-refractivity contribution in [3.8, 4) is 50.2 Å². The zero-order chi connectivity index (χ0) is 46.0. The highest BCUT2D eigenvalue weighted by atomic mass is 15.0. The Morgan fingerprint density at radius 2 is 1.10 bits per heavy atom. The Morgan fingerprint density at radius 3 is 1.85 bits per heavy atom. The van der Waals surface area contributed by atoms with Crippen molar-refractivity contribution in [1.82, 2.24) is 9.05 Å².